The van der Waals surface area contributed by atoms with Gasteiger partial charge in [0.2, 0.25) is 0 Å². The van der Waals surface area contributed by atoms with E-state index in [1.54, 1.807) is 30.6 Å². The van der Waals surface area contributed by atoms with E-state index in [0.29, 0.717) is 42.0 Å². The van der Waals surface area contributed by atoms with Crippen LogP contribution in [0.4, 0.5) is 4.79 Å². The zero-order valence-corrected chi connectivity index (χ0v) is 22.5. The van der Waals surface area contributed by atoms with Crippen molar-refractivity contribution in [2.24, 2.45) is 5.73 Å². The molecule has 0 atom stereocenters. The molecule has 2 heterocycles. The van der Waals surface area contributed by atoms with Gasteiger partial charge in [-0.3, -0.25) is 14.6 Å². The molecule has 3 N–H and O–H groups in total. The molecule has 1 aliphatic carbocycles. The van der Waals surface area contributed by atoms with E-state index in [-0.39, 0.29) is 18.2 Å². The van der Waals surface area contributed by atoms with Crippen LogP contribution in [-0.4, -0.2) is 38.9 Å². The van der Waals surface area contributed by atoms with Gasteiger partial charge in [-0.05, 0) is 82.3 Å². The monoisotopic (exact) mass is 537 g/mol. The van der Waals surface area contributed by atoms with E-state index in [0.717, 1.165) is 5.56 Å². The highest BCUT2D eigenvalue weighted by Gasteiger charge is 2.40. The van der Waals surface area contributed by atoms with Crippen molar-refractivity contribution in [3.05, 3.63) is 81.4 Å². The van der Waals surface area contributed by atoms with Gasteiger partial charge in [-0.15, -0.1) is 0 Å². The molecule has 38 heavy (non-hydrogen) atoms. The van der Waals surface area contributed by atoms with Crippen molar-refractivity contribution in [3.63, 3.8) is 0 Å². The van der Waals surface area contributed by atoms with E-state index in [9.17, 15) is 14.4 Å². The Morgan fingerprint density at radius 3 is 2.53 bits per heavy atom. The van der Waals surface area contributed by atoms with Crippen molar-refractivity contribution in [2.75, 3.05) is 6.61 Å². The molecule has 2 amide bonds. The first-order valence-corrected chi connectivity index (χ1v) is 12.9. The second kappa shape index (κ2) is 10.9. The van der Waals surface area contributed by atoms with E-state index in [1.807, 2.05) is 39.0 Å². The number of nitrogens with zero attached hydrogens (tertiary/aromatic N) is 3. The van der Waals surface area contributed by atoms with Crippen LogP contribution < -0.4 is 16.6 Å². The number of primary amides is 1. The summed E-state index contributed by atoms with van der Waals surface area (Å²) in [5.74, 6) is -0.807. The Labute approximate surface area is 226 Å². The molecule has 0 aliphatic heterocycles. The Bertz CT molecular complexity index is 1380. The minimum atomic E-state index is -0.807. The van der Waals surface area contributed by atoms with Crippen molar-refractivity contribution >= 4 is 23.6 Å². The zero-order chi connectivity index (χ0) is 27.5. The Morgan fingerprint density at radius 2 is 1.92 bits per heavy atom. The number of pyridine rings is 1. The van der Waals surface area contributed by atoms with Crippen LogP contribution in [0.15, 0.2) is 59.7 Å². The average Bonchev–Trinajstić information content (AvgIpc) is 2.87. The molecule has 0 radical (unpaired) electrons. The third-order valence-electron chi connectivity index (χ3n) is 6.81. The summed E-state index contributed by atoms with van der Waals surface area (Å²) in [5, 5.41) is 8.02. The predicted octanol–water partition coefficient (Wildman–Crippen LogP) is 4.64. The molecule has 2 aromatic heterocycles. The molecule has 3 aromatic rings. The van der Waals surface area contributed by atoms with Crippen LogP contribution in [0.3, 0.4) is 0 Å². The number of rotatable bonds is 6. The largest absolute Gasteiger partial charge is 0.449 e. The molecule has 1 saturated carbocycles. The van der Waals surface area contributed by atoms with Gasteiger partial charge >= 0.3 is 6.09 Å². The number of amides is 2. The maximum absolute atomic E-state index is 13.2. The summed E-state index contributed by atoms with van der Waals surface area (Å²) in [5.41, 5.74) is 6.07. The Morgan fingerprint density at radius 1 is 1.18 bits per heavy atom. The Hall–Kier alpha value is -3.72. The van der Waals surface area contributed by atoms with Crippen LogP contribution in [0.5, 0.6) is 0 Å². The minimum Gasteiger partial charge on any atom is -0.449 e. The van der Waals surface area contributed by atoms with Gasteiger partial charge in [0.25, 0.3) is 11.5 Å². The first-order valence-electron chi connectivity index (χ1n) is 12.5. The van der Waals surface area contributed by atoms with Crippen molar-refractivity contribution in [1.29, 1.82) is 0 Å². The third kappa shape index (κ3) is 6.22. The van der Waals surface area contributed by atoms with Crippen molar-refractivity contribution in [2.45, 2.75) is 63.5 Å². The summed E-state index contributed by atoms with van der Waals surface area (Å²) >= 11 is 6.32. The highest BCUT2D eigenvalue weighted by Crippen LogP contribution is 2.44. The quantitative estimate of drug-likeness (QED) is 0.471. The molecular weight excluding hydrogens is 506 g/mol. The maximum Gasteiger partial charge on any atom is 0.407 e. The van der Waals surface area contributed by atoms with Gasteiger partial charge in [0.05, 0.1) is 11.7 Å². The van der Waals surface area contributed by atoms with E-state index in [2.05, 4.69) is 15.4 Å². The smallest absolute Gasteiger partial charge is 0.407 e. The third-order valence-corrected chi connectivity index (χ3v) is 7.04. The van der Waals surface area contributed by atoms with Gasteiger partial charge in [0.15, 0.2) is 0 Å². The fraction of sp³-hybridized carbons (Fsp3) is 0.393. The van der Waals surface area contributed by atoms with Crippen LogP contribution in [0.2, 0.25) is 5.02 Å². The first kappa shape index (κ1) is 27.3. The number of aromatic nitrogens is 3. The van der Waals surface area contributed by atoms with E-state index < -0.39 is 28.5 Å². The average molecular weight is 538 g/mol. The van der Waals surface area contributed by atoms with Gasteiger partial charge in [-0.2, -0.15) is 5.10 Å². The fourth-order valence-electron chi connectivity index (χ4n) is 4.87. The van der Waals surface area contributed by atoms with E-state index >= 15 is 0 Å². The van der Waals surface area contributed by atoms with Crippen LogP contribution in [0.25, 0.3) is 11.3 Å². The predicted molar refractivity (Wildman–Crippen MR) is 145 cm³/mol. The molecule has 0 unspecified atom stereocenters. The summed E-state index contributed by atoms with van der Waals surface area (Å²) in [6, 6.07) is 12.3. The highest BCUT2D eigenvalue weighted by molar-refractivity contribution is 6.30. The summed E-state index contributed by atoms with van der Waals surface area (Å²) in [4.78, 5) is 41.9. The summed E-state index contributed by atoms with van der Waals surface area (Å²) in [7, 11) is 0. The van der Waals surface area contributed by atoms with Crippen molar-refractivity contribution in [1.82, 2.24) is 20.1 Å². The van der Waals surface area contributed by atoms with Crippen LogP contribution in [0, 0.1) is 0 Å². The summed E-state index contributed by atoms with van der Waals surface area (Å²) in [6.45, 7) is 5.82. The number of carbonyl (C=O) groups is 2. The second-order valence-corrected chi connectivity index (χ2v) is 11.2. The summed E-state index contributed by atoms with van der Waals surface area (Å²) in [6.07, 6.45) is 5.11. The first-order chi connectivity index (χ1) is 18.0. The lowest BCUT2D eigenvalue weighted by molar-refractivity contribution is 0.0837. The molecular formula is C28H32ClN5O4. The molecule has 4 rings (SSSR count). The number of ether oxygens (including phenoxy) is 1. The number of nitrogens with two attached hydrogens (primary N) is 1. The molecule has 1 aliphatic rings. The number of halogens is 1. The molecule has 0 spiro atoms. The Kier molecular flexibility index (Phi) is 7.87. The SMILES string of the molecule is CC(C)(C)NC(=O)OCC1(c2cccc(Cl)c2)CCC(n2nc(-c3cccnc3)cc(C(N)=O)c2=O)CC1. The standard InChI is InChI=1S/C28H32ClN5O4/c1-27(2,3)32-26(37)38-17-28(19-7-4-8-20(29)14-19)11-9-21(10-12-28)34-25(36)22(24(30)35)15-23(33-34)18-6-5-13-31-16-18/h4-8,13-16,21H,9-12,17H2,1-3H3,(H2,30,35)(H,32,37). The minimum absolute atomic E-state index is 0.118. The number of hydrogen-bond donors (Lipinski definition) is 2. The normalized spacial score (nSPS) is 19.5. The lowest BCUT2D eigenvalue weighted by Crippen LogP contribution is -2.44. The van der Waals surface area contributed by atoms with E-state index in [1.165, 1.54) is 10.7 Å². The number of carbonyl (C=O) groups excluding carboxylic acids is 2. The van der Waals surface area contributed by atoms with Gasteiger partial charge < -0.3 is 15.8 Å². The molecule has 9 nitrogen and oxygen atoms in total. The van der Waals surface area contributed by atoms with Crippen molar-refractivity contribution < 1.29 is 14.3 Å². The molecule has 1 fully saturated rings. The van der Waals surface area contributed by atoms with Gasteiger partial charge in [-0.1, -0.05) is 23.7 Å². The van der Waals surface area contributed by atoms with Crippen LogP contribution >= 0.6 is 11.6 Å². The number of hydrogen-bond acceptors (Lipinski definition) is 6. The maximum atomic E-state index is 13.2. The van der Waals surface area contributed by atoms with Crippen LogP contribution in [0.1, 0.15) is 68.4 Å². The summed E-state index contributed by atoms with van der Waals surface area (Å²) < 4.78 is 7.07. The van der Waals surface area contributed by atoms with Gasteiger partial charge in [0.1, 0.15) is 12.2 Å². The second-order valence-electron chi connectivity index (χ2n) is 10.8. The number of alkyl carbamates (subject to hydrolysis) is 1. The molecule has 0 bridgehead atoms. The number of benzene rings is 1. The van der Waals surface area contributed by atoms with Crippen molar-refractivity contribution in [3.8, 4) is 11.3 Å². The van der Waals surface area contributed by atoms with Crippen LogP contribution in [-0.2, 0) is 10.2 Å². The van der Waals surface area contributed by atoms with Gasteiger partial charge in [-0.25, -0.2) is 9.48 Å². The lowest BCUT2D eigenvalue weighted by atomic mass is 9.68. The Balaban J connectivity index is 1.64. The molecule has 10 heteroatoms. The number of nitrogens with one attached hydrogen (secondary N) is 1. The molecule has 1 aromatic carbocycles. The van der Waals surface area contributed by atoms with E-state index in [4.69, 9.17) is 22.1 Å². The fourth-order valence-corrected chi connectivity index (χ4v) is 5.06. The molecule has 0 saturated heterocycles. The van der Waals surface area contributed by atoms with Gasteiger partial charge in [0, 0.05) is 33.9 Å². The lowest BCUT2D eigenvalue weighted by Gasteiger charge is -2.40. The zero-order valence-electron chi connectivity index (χ0n) is 21.7. The topological polar surface area (TPSA) is 129 Å². The molecule has 200 valence electrons. The highest BCUT2D eigenvalue weighted by atomic mass is 35.5.